The molecule has 0 radical (unpaired) electrons. The number of amides is 2. The van der Waals surface area contributed by atoms with Gasteiger partial charge in [0.25, 0.3) is 0 Å². The Hall–Kier alpha value is -2.33. The lowest BCUT2D eigenvalue weighted by molar-refractivity contribution is -0.120. The number of halogens is 1. The van der Waals surface area contributed by atoms with Crippen molar-refractivity contribution in [2.45, 2.75) is 19.3 Å². The highest BCUT2D eigenvalue weighted by atomic mass is 35.5. The third kappa shape index (κ3) is 3.90. The van der Waals surface area contributed by atoms with Crippen LogP contribution < -0.4 is 10.6 Å². The molecule has 0 fully saturated rings. The molecule has 5 heteroatoms. The second kappa shape index (κ2) is 6.84. The van der Waals surface area contributed by atoms with E-state index in [1.165, 1.54) is 0 Å². The van der Waals surface area contributed by atoms with Crippen molar-refractivity contribution in [1.29, 1.82) is 0 Å². The zero-order valence-corrected chi connectivity index (χ0v) is 13.3. The second-order valence-electron chi connectivity index (χ2n) is 5.58. The van der Waals surface area contributed by atoms with E-state index in [2.05, 4.69) is 10.6 Å². The highest BCUT2D eigenvalue weighted by Crippen LogP contribution is 2.23. The van der Waals surface area contributed by atoms with Crippen LogP contribution in [0.4, 0.5) is 5.69 Å². The summed E-state index contributed by atoms with van der Waals surface area (Å²) < 4.78 is 0. The maximum atomic E-state index is 12.0. The van der Waals surface area contributed by atoms with Crippen molar-refractivity contribution in [2.24, 2.45) is 0 Å². The number of carbonyl (C=O) groups is 2. The summed E-state index contributed by atoms with van der Waals surface area (Å²) in [7, 11) is 0. The average molecular weight is 329 g/mol. The molecule has 23 heavy (non-hydrogen) atoms. The fourth-order valence-corrected chi connectivity index (χ4v) is 2.86. The van der Waals surface area contributed by atoms with Gasteiger partial charge in [-0.3, -0.25) is 9.59 Å². The maximum Gasteiger partial charge on any atom is 0.228 e. The van der Waals surface area contributed by atoms with Gasteiger partial charge in [0.05, 0.1) is 12.8 Å². The van der Waals surface area contributed by atoms with Gasteiger partial charge in [0.15, 0.2) is 0 Å². The van der Waals surface area contributed by atoms with Crippen LogP contribution in [0.3, 0.4) is 0 Å². The predicted octanol–water partition coefficient (Wildman–Crippen LogP) is 2.74. The molecule has 2 amide bonds. The summed E-state index contributed by atoms with van der Waals surface area (Å²) >= 11 is 6.05. The SMILES string of the molecule is O=C(Cc1ccccc1Cl)NCCc1ccc2c(c1)CC(=O)N2. The van der Waals surface area contributed by atoms with E-state index < -0.39 is 0 Å². The van der Waals surface area contributed by atoms with Crippen LogP contribution in [0.1, 0.15) is 16.7 Å². The highest BCUT2D eigenvalue weighted by molar-refractivity contribution is 6.31. The van der Waals surface area contributed by atoms with Crippen LogP contribution in [0, 0.1) is 0 Å². The number of benzene rings is 2. The smallest absolute Gasteiger partial charge is 0.228 e. The molecule has 1 aliphatic rings. The lowest BCUT2D eigenvalue weighted by Gasteiger charge is -2.08. The Kier molecular flexibility index (Phi) is 4.63. The summed E-state index contributed by atoms with van der Waals surface area (Å²) in [6.45, 7) is 0.559. The number of hydrogen-bond donors (Lipinski definition) is 2. The largest absolute Gasteiger partial charge is 0.355 e. The molecule has 0 atom stereocenters. The van der Waals surface area contributed by atoms with Gasteiger partial charge in [0.1, 0.15) is 0 Å². The lowest BCUT2D eigenvalue weighted by atomic mass is 10.1. The van der Waals surface area contributed by atoms with Crippen molar-refractivity contribution in [2.75, 3.05) is 11.9 Å². The van der Waals surface area contributed by atoms with Gasteiger partial charge in [-0.15, -0.1) is 0 Å². The summed E-state index contributed by atoms with van der Waals surface area (Å²) in [6.07, 6.45) is 1.44. The van der Waals surface area contributed by atoms with Gasteiger partial charge in [0, 0.05) is 17.3 Å². The Morgan fingerprint density at radius 1 is 1.22 bits per heavy atom. The van der Waals surface area contributed by atoms with Crippen molar-refractivity contribution in [3.05, 3.63) is 64.2 Å². The zero-order valence-electron chi connectivity index (χ0n) is 12.6. The third-order valence-corrected chi connectivity index (χ3v) is 4.21. The van der Waals surface area contributed by atoms with Crippen LogP contribution >= 0.6 is 11.6 Å². The maximum absolute atomic E-state index is 12.0. The number of rotatable bonds is 5. The number of hydrogen-bond acceptors (Lipinski definition) is 2. The Bertz CT molecular complexity index is 758. The average Bonchev–Trinajstić information content (AvgIpc) is 2.89. The van der Waals surface area contributed by atoms with Gasteiger partial charge in [-0.1, -0.05) is 41.9 Å². The van der Waals surface area contributed by atoms with E-state index in [-0.39, 0.29) is 18.2 Å². The Balaban J connectivity index is 1.50. The van der Waals surface area contributed by atoms with Gasteiger partial charge in [0.2, 0.25) is 11.8 Å². The molecular weight excluding hydrogens is 312 g/mol. The molecule has 3 rings (SSSR count). The summed E-state index contributed by atoms with van der Waals surface area (Å²) in [4.78, 5) is 23.3. The van der Waals surface area contributed by atoms with Crippen LogP contribution in [0.2, 0.25) is 5.02 Å². The van der Waals surface area contributed by atoms with E-state index in [0.717, 1.165) is 28.8 Å². The van der Waals surface area contributed by atoms with E-state index in [9.17, 15) is 9.59 Å². The number of nitrogens with one attached hydrogen (secondary N) is 2. The second-order valence-corrected chi connectivity index (χ2v) is 5.99. The summed E-state index contributed by atoms with van der Waals surface area (Å²) in [5.74, 6) is -0.0127. The molecule has 0 saturated carbocycles. The first-order valence-corrected chi connectivity index (χ1v) is 7.91. The molecule has 1 heterocycles. The standard InChI is InChI=1S/C18H17ClN2O2/c19-15-4-2-1-3-13(15)10-17(22)20-8-7-12-5-6-16-14(9-12)11-18(23)21-16/h1-6,9H,7-8,10-11H2,(H,20,22)(H,21,23). The molecule has 118 valence electrons. The van der Waals surface area contributed by atoms with Crippen molar-refractivity contribution in [1.82, 2.24) is 5.32 Å². The van der Waals surface area contributed by atoms with Gasteiger partial charge >= 0.3 is 0 Å². The van der Waals surface area contributed by atoms with E-state index in [1.54, 1.807) is 6.07 Å². The molecule has 0 aromatic heterocycles. The Labute approximate surface area is 139 Å². The minimum Gasteiger partial charge on any atom is -0.355 e. The molecule has 1 aliphatic heterocycles. The van der Waals surface area contributed by atoms with Crippen LogP contribution in [0.15, 0.2) is 42.5 Å². The molecule has 0 aliphatic carbocycles. The zero-order chi connectivity index (χ0) is 16.2. The molecule has 4 nitrogen and oxygen atoms in total. The van der Waals surface area contributed by atoms with Crippen molar-refractivity contribution >= 4 is 29.1 Å². The fraction of sp³-hybridized carbons (Fsp3) is 0.222. The third-order valence-electron chi connectivity index (χ3n) is 3.84. The van der Waals surface area contributed by atoms with E-state index >= 15 is 0 Å². The van der Waals surface area contributed by atoms with Crippen molar-refractivity contribution < 1.29 is 9.59 Å². The molecular formula is C18H17ClN2O2. The van der Waals surface area contributed by atoms with Gasteiger partial charge < -0.3 is 10.6 Å². The summed E-state index contributed by atoms with van der Waals surface area (Å²) in [5.41, 5.74) is 3.85. The van der Waals surface area contributed by atoms with Crippen molar-refractivity contribution in [3.8, 4) is 0 Å². The lowest BCUT2D eigenvalue weighted by Crippen LogP contribution is -2.27. The van der Waals surface area contributed by atoms with Crippen LogP contribution in [-0.2, 0) is 28.9 Å². The predicted molar refractivity (Wildman–Crippen MR) is 90.6 cm³/mol. The van der Waals surface area contributed by atoms with Gasteiger partial charge in [-0.2, -0.15) is 0 Å². The topological polar surface area (TPSA) is 58.2 Å². The Morgan fingerprint density at radius 2 is 2.04 bits per heavy atom. The molecule has 0 saturated heterocycles. The quantitative estimate of drug-likeness (QED) is 0.886. The van der Waals surface area contributed by atoms with Crippen LogP contribution in [0.25, 0.3) is 0 Å². The van der Waals surface area contributed by atoms with E-state index in [4.69, 9.17) is 11.6 Å². The van der Waals surface area contributed by atoms with E-state index in [0.29, 0.717) is 18.0 Å². The molecule has 0 spiro atoms. The molecule has 2 N–H and O–H groups in total. The minimum absolute atomic E-state index is 0.0326. The van der Waals surface area contributed by atoms with Crippen LogP contribution in [0.5, 0.6) is 0 Å². The van der Waals surface area contributed by atoms with Gasteiger partial charge in [-0.25, -0.2) is 0 Å². The van der Waals surface area contributed by atoms with E-state index in [1.807, 2.05) is 36.4 Å². The minimum atomic E-state index is -0.0453. The molecule has 2 aromatic carbocycles. The Morgan fingerprint density at radius 3 is 2.87 bits per heavy atom. The fourth-order valence-electron chi connectivity index (χ4n) is 2.66. The molecule has 0 bridgehead atoms. The number of anilines is 1. The summed E-state index contributed by atoms with van der Waals surface area (Å²) in [5, 5.41) is 6.32. The van der Waals surface area contributed by atoms with Crippen LogP contribution in [-0.4, -0.2) is 18.4 Å². The highest BCUT2D eigenvalue weighted by Gasteiger charge is 2.17. The summed E-state index contributed by atoms with van der Waals surface area (Å²) in [6, 6.07) is 13.3. The first-order chi connectivity index (χ1) is 11.1. The first-order valence-electron chi connectivity index (χ1n) is 7.53. The number of carbonyl (C=O) groups excluding carboxylic acids is 2. The first kappa shape index (κ1) is 15.6. The monoisotopic (exact) mass is 328 g/mol. The molecule has 0 unspecified atom stereocenters. The number of fused-ring (bicyclic) bond motifs is 1. The van der Waals surface area contributed by atoms with Gasteiger partial charge in [-0.05, 0) is 35.2 Å². The van der Waals surface area contributed by atoms with Crippen molar-refractivity contribution in [3.63, 3.8) is 0 Å². The molecule has 2 aromatic rings. The normalized spacial score (nSPS) is 12.7.